The van der Waals surface area contributed by atoms with Crippen molar-refractivity contribution in [1.29, 1.82) is 0 Å². The first-order chi connectivity index (χ1) is 15.6. The zero-order valence-electron chi connectivity index (χ0n) is 18.7. The number of benzene rings is 1. The van der Waals surface area contributed by atoms with Gasteiger partial charge in [0.15, 0.2) is 0 Å². The van der Waals surface area contributed by atoms with Gasteiger partial charge in [0, 0.05) is 24.2 Å². The van der Waals surface area contributed by atoms with Crippen LogP contribution in [0, 0.1) is 11.8 Å². The van der Waals surface area contributed by atoms with Gasteiger partial charge in [-0.15, -0.1) is 0 Å². The Hall–Kier alpha value is -2.21. The smallest absolute Gasteiger partial charge is 0.360 e. The van der Waals surface area contributed by atoms with Crippen LogP contribution in [0.3, 0.4) is 0 Å². The Bertz CT molecular complexity index is 1070. The maximum Gasteiger partial charge on any atom is 0.360 e. The molecule has 4 aliphatic rings. The molecule has 2 aliphatic heterocycles. The fourth-order valence-corrected chi connectivity index (χ4v) is 7.79. The summed E-state index contributed by atoms with van der Waals surface area (Å²) >= 11 is 0. The number of para-hydroxylation sites is 2. The summed E-state index contributed by atoms with van der Waals surface area (Å²) in [4.78, 5) is 32.1. The van der Waals surface area contributed by atoms with E-state index in [0.717, 1.165) is 30.2 Å². The van der Waals surface area contributed by atoms with Crippen LogP contribution in [0.1, 0.15) is 87.2 Å². The number of hydrogen-bond donors (Lipinski definition) is 1. The highest BCUT2D eigenvalue weighted by molar-refractivity contribution is 5.88. The largest absolute Gasteiger partial charge is 0.476 e. The second-order valence-electron chi connectivity index (χ2n) is 10.8. The summed E-state index contributed by atoms with van der Waals surface area (Å²) in [7, 11) is 0. The van der Waals surface area contributed by atoms with Crippen molar-refractivity contribution in [2.75, 3.05) is 0 Å². The number of carbonyl (C=O) groups is 1. The highest BCUT2D eigenvalue weighted by Gasteiger charge is 2.45. The summed E-state index contributed by atoms with van der Waals surface area (Å²) in [5, 5.41) is 9.62. The van der Waals surface area contributed by atoms with Crippen LogP contribution < -0.4 is 5.56 Å². The number of piperidine rings is 2. The molecule has 2 aliphatic carbocycles. The van der Waals surface area contributed by atoms with Gasteiger partial charge >= 0.3 is 5.97 Å². The van der Waals surface area contributed by atoms with Gasteiger partial charge < -0.3 is 9.67 Å². The second kappa shape index (κ2) is 7.98. The van der Waals surface area contributed by atoms with Crippen LogP contribution in [-0.2, 0) is 0 Å². The molecule has 3 heterocycles. The minimum Gasteiger partial charge on any atom is -0.476 e. The zero-order chi connectivity index (χ0) is 21.8. The third-order valence-corrected chi connectivity index (χ3v) is 8.89. The standard InChI is InChI=1S/C26H33N3O3/c30-25-24(26(31)32)27-22-9-1-2-10-23(22)29(25)21-14-18-7-4-8-19(15-21)28(18)20-12-16-5-3-6-17(11-16)13-20/h1-2,9-10,16-21H,3-8,11-15H2,(H,31,32)/t16?,17?,18-,19-,20?/m1/s1. The molecular formula is C26H33N3O3. The third-order valence-electron chi connectivity index (χ3n) is 8.89. The molecule has 170 valence electrons. The lowest BCUT2D eigenvalue weighted by Gasteiger charge is -2.55. The SMILES string of the molecule is O=C(O)c1nc2ccccc2n(C2C[C@H]3CCC[C@H](C2)N3C2CC3CCCC(C3)C2)c1=O. The average Bonchev–Trinajstić information content (AvgIpc) is 2.77. The molecule has 0 amide bonds. The minimum absolute atomic E-state index is 0.0446. The Labute approximate surface area is 188 Å². The van der Waals surface area contributed by atoms with Gasteiger partial charge in [-0.25, -0.2) is 9.78 Å². The van der Waals surface area contributed by atoms with E-state index in [0.29, 0.717) is 23.6 Å². The third kappa shape index (κ3) is 3.38. The number of aromatic carboxylic acids is 1. The maximum absolute atomic E-state index is 13.3. The van der Waals surface area contributed by atoms with E-state index in [2.05, 4.69) is 9.88 Å². The highest BCUT2D eigenvalue weighted by atomic mass is 16.4. The molecule has 6 nitrogen and oxygen atoms in total. The molecule has 4 atom stereocenters. The van der Waals surface area contributed by atoms with E-state index < -0.39 is 11.5 Å². The molecule has 2 saturated carbocycles. The van der Waals surface area contributed by atoms with E-state index in [-0.39, 0.29) is 11.7 Å². The first-order valence-corrected chi connectivity index (χ1v) is 12.6. The normalized spacial score (nSPS) is 35.0. The Kier molecular flexibility index (Phi) is 5.09. The summed E-state index contributed by atoms with van der Waals surface area (Å²) in [6, 6.07) is 9.25. The van der Waals surface area contributed by atoms with Gasteiger partial charge in [0.2, 0.25) is 5.69 Å². The van der Waals surface area contributed by atoms with E-state index in [9.17, 15) is 14.7 Å². The van der Waals surface area contributed by atoms with Crippen molar-refractivity contribution in [2.45, 2.75) is 94.8 Å². The molecule has 1 N–H and O–H groups in total. The van der Waals surface area contributed by atoms with E-state index in [1.54, 1.807) is 4.57 Å². The molecule has 32 heavy (non-hydrogen) atoms. The van der Waals surface area contributed by atoms with E-state index >= 15 is 0 Å². The molecule has 2 aromatic rings. The number of carboxylic acids is 1. The van der Waals surface area contributed by atoms with Crippen LogP contribution in [0.5, 0.6) is 0 Å². The predicted molar refractivity (Wildman–Crippen MR) is 123 cm³/mol. The summed E-state index contributed by atoms with van der Waals surface area (Å²) in [6.45, 7) is 0. The Morgan fingerprint density at radius 2 is 1.50 bits per heavy atom. The number of fused-ring (bicyclic) bond motifs is 5. The summed E-state index contributed by atoms with van der Waals surface area (Å²) in [5.41, 5.74) is 0.569. The summed E-state index contributed by atoms with van der Waals surface area (Å²) in [5.74, 6) is 0.590. The Morgan fingerprint density at radius 3 is 2.19 bits per heavy atom. The lowest BCUT2D eigenvalue weighted by Crippen LogP contribution is -2.58. The van der Waals surface area contributed by atoms with Crippen molar-refractivity contribution in [1.82, 2.24) is 14.5 Å². The topological polar surface area (TPSA) is 75.4 Å². The van der Waals surface area contributed by atoms with E-state index in [1.807, 2.05) is 24.3 Å². The molecule has 4 fully saturated rings. The van der Waals surface area contributed by atoms with Gasteiger partial charge in [-0.1, -0.05) is 37.8 Å². The number of rotatable bonds is 3. The van der Waals surface area contributed by atoms with E-state index in [4.69, 9.17) is 0 Å². The molecule has 4 bridgehead atoms. The fourth-order valence-electron chi connectivity index (χ4n) is 7.79. The molecule has 6 heteroatoms. The highest BCUT2D eigenvalue weighted by Crippen LogP contribution is 2.47. The van der Waals surface area contributed by atoms with Crippen molar-refractivity contribution < 1.29 is 9.90 Å². The minimum atomic E-state index is -1.24. The van der Waals surface area contributed by atoms with Crippen LogP contribution in [0.2, 0.25) is 0 Å². The van der Waals surface area contributed by atoms with Crippen LogP contribution in [0.15, 0.2) is 29.1 Å². The molecule has 0 radical (unpaired) electrons. The lowest BCUT2D eigenvalue weighted by atomic mass is 9.68. The quantitative estimate of drug-likeness (QED) is 0.761. The van der Waals surface area contributed by atoms with Crippen molar-refractivity contribution in [3.05, 3.63) is 40.3 Å². The first-order valence-electron chi connectivity index (χ1n) is 12.6. The molecule has 0 spiro atoms. The van der Waals surface area contributed by atoms with Crippen LogP contribution in [0.25, 0.3) is 11.0 Å². The van der Waals surface area contributed by atoms with Crippen molar-refractivity contribution in [3.8, 4) is 0 Å². The van der Waals surface area contributed by atoms with Crippen molar-refractivity contribution >= 4 is 17.0 Å². The van der Waals surface area contributed by atoms with Gasteiger partial charge in [-0.05, 0) is 68.9 Å². The maximum atomic E-state index is 13.3. The van der Waals surface area contributed by atoms with Crippen LogP contribution in [0.4, 0.5) is 0 Å². The van der Waals surface area contributed by atoms with Gasteiger partial charge in [0.25, 0.3) is 5.56 Å². The van der Waals surface area contributed by atoms with Crippen molar-refractivity contribution in [3.63, 3.8) is 0 Å². The lowest BCUT2D eigenvalue weighted by molar-refractivity contribution is -0.0486. The van der Waals surface area contributed by atoms with Crippen LogP contribution in [-0.4, -0.2) is 43.7 Å². The number of carboxylic acid groups (broad SMARTS) is 1. The monoisotopic (exact) mass is 435 g/mol. The number of nitrogens with zero attached hydrogens (tertiary/aromatic N) is 3. The van der Waals surface area contributed by atoms with Gasteiger partial charge in [-0.3, -0.25) is 9.69 Å². The van der Waals surface area contributed by atoms with Crippen LogP contribution >= 0.6 is 0 Å². The van der Waals surface area contributed by atoms with Gasteiger partial charge in [-0.2, -0.15) is 0 Å². The van der Waals surface area contributed by atoms with E-state index in [1.165, 1.54) is 57.8 Å². The van der Waals surface area contributed by atoms with Gasteiger partial charge in [0.1, 0.15) is 0 Å². The molecular weight excluding hydrogens is 402 g/mol. The Balaban J connectivity index is 1.35. The predicted octanol–water partition coefficient (Wildman–Crippen LogP) is 4.62. The second-order valence-corrected chi connectivity index (χ2v) is 10.8. The zero-order valence-corrected chi connectivity index (χ0v) is 18.7. The molecule has 2 unspecified atom stereocenters. The molecule has 6 rings (SSSR count). The molecule has 1 aromatic heterocycles. The van der Waals surface area contributed by atoms with Gasteiger partial charge in [0.05, 0.1) is 11.0 Å². The summed E-state index contributed by atoms with van der Waals surface area (Å²) < 4.78 is 1.78. The first kappa shape index (κ1) is 20.4. The molecule has 1 aromatic carbocycles. The number of hydrogen-bond acceptors (Lipinski definition) is 4. The molecule has 2 saturated heterocycles. The summed E-state index contributed by atoms with van der Waals surface area (Å²) in [6.07, 6.45) is 13.9. The fraction of sp³-hybridized carbons (Fsp3) is 0.654. The van der Waals surface area contributed by atoms with Crippen molar-refractivity contribution in [2.24, 2.45) is 11.8 Å². The average molecular weight is 436 g/mol. The number of aromatic nitrogens is 2. The Morgan fingerprint density at radius 1 is 0.844 bits per heavy atom.